The predicted molar refractivity (Wildman–Crippen MR) is 80.0 cm³/mol. The summed E-state index contributed by atoms with van der Waals surface area (Å²) in [7, 11) is 0. The minimum absolute atomic E-state index is 0.0439. The topological polar surface area (TPSA) is 58.4 Å². The summed E-state index contributed by atoms with van der Waals surface area (Å²) in [6, 6.07) is 7.66. The summed E-state index contributed by atoms with van der Waals surface area (Å²) in [5.74, 6) is 0.0439. The molecule has 0 aromatic heterocycles. The maximum absolute atomic E-state index is 11.9. The second kappa shape index (κ2) is 8.67. The van der Waals surface area contributed by atoms with E-state index in [1.807, 2.05) is 24.3 Å². The van der Waals surface area contributed by atoms with E-state index in [4.69, 9.17) is 5.73 Å². The van der Waals surface area contributed by atoms with Crippen molar-refractivity contribution >= 4 is 11.6 Å². The van der Waals surface area contributed by atoms with Crippen molar-refractivity contribution in [1.29, 1.82) is 0 Å². The van der Waals surface area contributed by atoms with Crippen molar-refractivity contribution < 1.29 is 4.79 Å². The zero-order chi connectivity index (χ0) is 14.1. The van der Waals surface area contributed by atoms with E-state index >= 15 is 0 Å². The standard InChI is InChI=1S/C15H25N3O/c1-3-9-18(10-4-2)12-15(19)17-14-7-5-13(11-16)6-8-14/h5-8H,3-4,9-12,16H2,1-2H3,(H,17,19). The van der Waals surface area contributed by atoms with Crippen molar-refractivity contribution in [2.45, 2.75) is 33.2 Å². The number of nitrogens with two attached hydrogens (primary N) is 1. The van der Waals surface area contributed by atoms with Gasteiger partial charge in [-0.1, -0.05) is 26.0 Å². The quantitative estimate of drug-likeness (QED) is 0.756. The average Bonchev–Trinajstić information content (AvgIpc) is 2.40. The molecule has 0 aliphatic carbocycles. The first kappa shape index (κ1) is 15.7. The van der Waals surface area contributed by atoms with Gasteiger partial charge in [0.2, 0.25) is 5.91 Å². The van der Waals surface area contributed by atoms with Gasteiger partial charge in [0.15, 0.2) is 0 Å². The fraction of sp³-hybridized carbons (Fsp3) is 0.533. The number of nitrogens with one attached hydrogen (secondary N) is 1. The SMILES string of the molecule is CCCN(CCC)CC(=O)Nc1ccc(CN)cc1. The molecular weight excluding hydrogens is 238 g/mol. The van der Waals surface area contributed by atoms with Gasteiger partial charge in [0.1, 0.15) is 0 Å². The zero-order valence-corrected chi connectivity index (χ0v) is 12.0. The second-order valence-corrected chi connectivity index (χ2v) is 4.73. The van der Waals surface area contributed by atoms with Gasteiger partial charge in [-0.15, -0.1) is 0 Å². The molecule has 0 aliphatic rings. The molecule has 106 valence electrons. The van der Waals surface area contributed by atoms with Gasteiger partial charge in [0.05, 0.1) is 6.54 Å². The van der Waals surface area contributed by atoms with E-state index < -0.39 is 0 Å². The van der Waals surface area contributed by atoms with Gasteiger partial charge >= 0.3 is 0 Å². The summed E-state index contributed by atoms with van der Waals surface area (Å²) in [6.07, 6.45) is 2.14. The molecule has 0 spiro atoms. The van der Waals surface area contributed by atoms with Crippen LogP contribution in [0.4, 0.5) is 5.69 Å². The van der Waals surface area contributed by atoms with E-state index in [1.165, 1.54) is 0 Å². The Morgan fingerprint density at radius 1 is 1.16 bits per heavy atom. The highest BCUT2D eigenvalue weighted by Gasteiger charge is 2.09. The van der Waals surface area contributed by atoms with Crippen LogP contribution < -0.4 is 11.1 Å². The molecule has 0 heterocycles. The molecule has 0 unspecified atom stereocenters. The van der Waals surface area contributed by atoms with Gasteiger partial charge in [-0.2, -0.15) is 0 Å². The predicted octanol–water partition coefficient (Wildman–Crippen LogP) is 2.21. The largest absolute Gasteiger partial charge is 0.326 e. The number of hydrogen-bond acceptors (Lipinski definition) is 3. The number of benzene rings is 1. The van der Waals surface area contributed by atoms with Gasteiger partial charge in [-0.25, -0.2) is 0 Å². The molecule has 0 bridgehead atoms. The molecule has 0 saturated heterocycles. The first-order valence-electron chi connectivity index (χ1n) is 7.00. The van der Waals surface area contributed by atoms with Crippen LogP contribution in [0, 0.1) is 0 Å². The lowest BCUT2D eigenvalue weighted by molar-refractivity contribution is -0.117. The maximum atomic E-state index is 11.9. The number of hydrogen-bond donors (Lipinski definition) is 2. The first-order valence-corrected chi connectivity index (χ1v) is 7.00. The molecule has 1 aromatic rings. The lowest BCUT2D eigenvalue weighted by Gasteiger charge is -2.20. The fourth-order valence-electron chi connectivity index (χ4n) is 2.03. The number of amides is 1. The fourth-order valence-corrected chi connectivity index (χ4v) is 2.03. The summed E-state index contributed by atoms with van der Waals surface area (Å²) >= 11 is 0. The van der Waals surface area contributed by atoms with Crippen molar-refractivity contribution in [3.05, 3.63) is 29.8 Å². The molecule has 0 fully saturated rings. The molecule has 4 nitrogen and oxygen atoms in total. The van der Waals surface area contributed by atoms with E-state index in [2.05, 4.69) is 24.1 Å². The average molecular weight is 263 g/mol. The zero-order valence-electron chi connectivity index (χ0n) is 12.0. The summed E-state index contributed by atoms with van der Waals surface area (Å²) in [6.45, 7) is 7.17. The molecule has 0 atom stereocenters. The lowest BCUT2D eigenvalue weighted by atomic mass is 10.2. The van der Waals surface area contributed by atoms with Crippen LogP contribution >= 0.6 is 0 Å². The third kappa shape index (κ3) is 5.85. The molecular formula is C15H25N3O. The van der Waals surface area contributed by atoms with E-state index in [9.17, 15) is 4.79 Å². The van der Waals surface area contributed by atoms with Crippen molar-refractivity contribution in [3.63, 3.8) is 0 Å². The minimum Gasteiger partial charge on any atom is -0.326 e. The van der Waals surface area contributed by atoms with Crippen LogP contribution in [0.2, 0.25) is 0 Å². The first-order chi connectivity index (χ1) is 9.19. The van der Waals surface area contributed by atoms with Crippen LogP contribution in [-0.2, 0) is 11.3 Å². The Morgan fingerprint density at radius 3 is 2.21 bits per heavy atom. The lowest BCUT2D eigenvalue weighted by Crippen LogP contribution is -2.34. The summed E-state index contributed by atoms with van der Waals surface area (Å²) < 4.78 is 0. The maximum Gasteiger partial charge on any atom is 0.238 e. The van der Waals surface area contributed by atoms with E-state index in [0.29, 0.717) is 13.1 Å². The number of carbonyl (C=O) groups is 1. The van der Waals surface area contributed by atoms with Crippen LogP contribution in [0.15, 0.2) is 24.3 Å². The summed E-state index contributed by atoms with van der Waals surface area (Å²) in [5, 5.41) is 2.92. The number of anilines is 1. The highest BCUT2D eigenvalue weighted by Crippen LogP contribution is 2.09. The molecule has 1 rings (SSSR count). The van der Waals surface area contributed by atoms with Crippen LogP contribution in [0.25, 0.3) is 0 Å². The Morgan fingerprint density at radius 2 is 1.74 bits per heavy atom. The minimum atomic E-state index is 0.0439. The number of carbonyl (C=O) groups excluding carboxylic acids is 1. The molecule has 3 N–H and O–H groups in total. The van der Waals surface area contributed by atoms with Crippen molar-refractivity contribution in [3.8, 4) is 0 Å². The van der Waals surface area contributed by atoms with Gasteiger partial charge in [0, 0.05) is 12.2 Å². The van der Waals surface area contributed by atoms with Crippen LogP contribution in [0.3, 0.4) is 0 Å². The van der Waals surface area contributed by atoms with E-state index in [0.717, 1.165) is 37.2 Å². The molecule has 0 radical (unpaired) electrons. The summed E-state index contributed by atoms with van der Waals surface area (Å²) in [5.41, 5.74) is 7.43. The molecule has 0 aliphatic heterocycles. The van der Waals surface area contributed by atoms with Crippen LogP contribution in [0.1, 0.15) is 32.3 Å². The Bertz CT molecular complexity index is 369. The Labute approximate surface area is 116 Å². The highest BCUT2D eigenvalue weighted by atomic mass is 16.2. The third-order valence-electron chi connectivity index (χ3n) is 2.92. The molecule has 4 heteroatoms. The smallest absolute Gasteiger partial charge is 0.238 e. The Kier molecular flexibility index (Phi) is 7.15. The number of rotatable bonds is 8. The van der Waals surface area contributed by atoms with Gasteiger partial charge in [-0.05, 0) is 43.6 Å². The van der Waals surface area contributed by atoms with Crippen molar-refractivity contribution in [2.24, 2.45) is 5.73 Å². The van der Waals surface area contributed by atoms with Gasteiger partial charge < -0.3 is 11.1 Å². The number of nitrogens with zero attached hydrogens (tertiary/aromatic N) is 1. The normalized spacial score (nSPS) is 10.7. The van der Waals surface area contributed by atoms with E-state index in [1.54, 1.807) is 0 Å². The Balaban J connectivity index is 2.48. The molecule has 1 aromatic carbocycles. The monoisotopic (exact) mass is 263 g/mol. The highest BCUT2D eigenvalue weighted by molar-refractivity contribution is 5.92. The molecule has 1 amide bonds. The van der Waals surface area contributed by atoms with Crippen LogP contribution in [-0.4, -0.2) is 30.4 Å². The van der Waals surface area contributed by atoms with Crippen LogP contribution in [0.5, 0.6) is 0 Å². The molecule has 19 heavy (non-hydrogen) atoms. The van der Waals surface area contributed by atoms with Gasteiger partial charge in [0.25, 0.3) is 0 Å². The van der Waals surface area contributed by atoms with Crippen molar-refractivity contribution in [1.82, 2.24) is 4.90 Å². The van der Waals surface area contributed by atoms with E-state index in [-0.39, 0.29) is 5.91 Å². The third-order valence-corrected chi connectivity index (χ3v) is 2.92. The Hall–Kier alpha value is -1.39. The van der Waals surface area contributed by atoms with Crippen molar-refractivity contribution in [2.75, 3.05) is 25.0 Å². The second-order valence-electron chi connectivity index (χ2n) is 4.73. The van der Waals surface area contributed by atoms with Gasteiger partial charge in [-0.3, -0.25) is 9.69 Å². The molecule has 0 saturated carbocycles. The summed E-state index contributed by atoms with van der Waals surface area (Å²) in [4.78, 5) is 14.1.